The normalized spacial score (nSPS) is 34.7. The highest BCUT2D eigenvalue weighted by Crippen LogP contribution is 2.62. The van der Waals surface area contributed by atoms with E-state index in [1.807, 2.05) is 41.5 Å². The molecular weight excluding hydrogens is 1200 g/mol. The predicted octanol–water partition coefficient (Wildman–Crippen LogP) is 4.93. The van der Waals surface area contributed by atoms with Crippen LogP contribution >= 0.6 is 35.3 Å². The summed E-state index contributed by atoms with van der Waals surface area (Å²) in [5, 5.41) is -1.57. The third-order valence-corrected chi connectivity index (χ3v) is 27.5. The molecule has 16 unspecified atom stereocenters. The first-order chi connectivity index (χ1) is 38.0. The average molecular weight is 1280 g/mol. The first-order valence-corrected chi connectivity index (χ1v) is 35.2. The maximum Gasteiger partial charge on any atom is 0.344 e. The minimum atomic E-state index is -3.63. The Morgan fingerprint density at radius 3 is 1.59 bits per heavy atom. The lowest BCUT2D eigenvalue weighted by molar-refractivity contribution is -0.171. The Morgan fingerprint density at radius 1 is 0.537 bits per heavy atom. The summed E-state index contributed by atoms with van der Waals surface area (Å²) in [7, 11) is -10.7. The van der Waals surface area contributed by atoms with E-state index >= 15 is 0 Å². The van der Waals surface area contributed by atoms with Crippen LogP contribution in [0.15, 0.2) is 0 Å². The van der Waals surface area contributed by atoms with Crippen LogP contribution < -0.4 is 0 Å². The summed E-state index contributed by atoms with van der Waals surface area (Å²) in [6, 6.07) is 0. The number of hydrogen-bond acceptors (Lipinski definition) is 26. The molecule has 3 saturated heterocycles. The zero-order chi connectivity index (χ0) is 60.9. The van der Waals surface area contributed by atoms with Gasteiger partial charge in [-0.2, -0.15) is 25.3 Å². The van der Waals surface area contributed by atoms with Crippen molar-refractivity contribution in [2.45, 2.75) is 179 Å². The Labute approximate surface area is 493 Å². The largest absolute Gasteiger partial charge is 0.458 e. The molecule has 9 fully saturated rings. The van der Waals surface area contributed by atoms with E-state index < -0.39 is 136 Å². The summed E-state index contributed by atoms with van der Waals surface area (Å²) >= 11 is 2.94. The average Bonchev–Trinajstić information content (AvgIpc) is 4.20. The van der Waals surface area contributed by atoms with Crippen LogP contribution in [0.2, 0.25) is 0 Å². The highest BCUT2D eigenvalue weighted by molar-refractivity contribution is 8.14. The molecule has 0 radical (unpaired) electrons. The van der Waals surface area contributed by atoms with E-state index in [9.17, 15) is 63.6 Å². The summed E-state index contributed by atoms with van der Waals surface area (Å²) in [5.41, 5.74) is -2.45. The van der Waals surface area contributed by atoms with E-state index in [1.165, 1.54) is 11.8 Å². The standard InChI is InChI=1S/C18H26O8S2.C18H28O7S2.C17H24O8S2/c1-5-17(2,3)16(21)27-9-14(20)24-8-13(19)25-15-10-6-11-12(7-10)28(22,23)26-18(11,15)4;1-5-18(3,4)17(20)26-7-6-23-9-13(19)24-14-11-8-12-15(14)25-27(21,22)16(12)10(11)2;1-4-17(2,3)16(20)26-8-13(19)23-7-12(18)24-14-9-5-10-11(6-9)27(21,22)25-15(10)14/h10-12,15H,5-9H2,1-4H3;10-12,14-16H,5-9H2,1-4H3;9-11,14-15H,4-8H2,1-3H3. The Hall–Kier alpha value is -2.90. The minimum absolute atomic E-state index is 0.0238. The third kappa shape index (κ3) is 14.1. The molecule has 16 atom stereocenters. The van der Waals surface area contributed by atoms with Crippen molar-refractivity contribution in [1.82, 2.24) is 0 Å². The maximum atomic E-state index is 12.1. The van der Waals surface area contributed by atoms with Crippen LogP contribution in [0.1, 0.15) is 128 Å². The van der Waals surface area contributed by atoms with Gasteiger partial charge in [0.05, 0.1) is 33.9 Å². The number of ether oxygens (including phenoxy) is 6. The number of fused-ring (bicyclic) bond motifs is 3. The second-order valence-corrected chi connectivity index (χ2v) is 33.0. The smallest absolute Gasteiger partial charge is 0.344 e. The Balaban J connectivity index is 0.000000177. The molecule has 9 aliphatic rings. The van der Waals surface area contributed by atoms with E-state index in [0.717, 1.165) is 36.4 Å². The van der Waals surface area contributed by atoms with E-state index in [1.54, 1.807) is 34.6 Å². The van der Waals surface area contributed by atoms with Crippen molar-refractivity contribution in [2.24, 2.45) is 57.7 Å². The van der Waals surface area contributed by atoms with Crippen LogP contribution in [-0.4, -0.2) is 166 Å². The number of carbonyl (C=O) groups is 8. The molecule has 9 rings (SSSR count). The second kappa shape index (κ2) is 25.4. The molecule has 0 N–H and O–H groups in total. The number of hydrogen-bond donors (Lipinski definition) is 0. The van der Waals surface area contributed by atoms with Crippen molar-refractivity contribution in [1.29, 1.82) is 0 Å². The minimum Gasteiger partial charge on any atom is -0.458 e. The molecular formula is C53H78O23S6. The fourth-order valence-corrected chi connectivity index (χ4v) is 21.4. The lowest BCUT2D eigenvalue weighted by Crippen LogP contribution is -2.47. The van der Waals surface area contributed by atoms with E-state index in [2.05, 4.69) is 0 Å². The molecule has 23 nitrogen and oxygen atoms in total. The van der Waals surface area contributed by atoms with Crippen molar-refractivity contribution >= 4 is 111 Å². The van der Waals surface area contributed by atoms with Crippen LogP contribution in [0.25, 0.3) is 0 Å². The zero-order valence-corrected chi connectivity index (χ0v) is 53.0. The van der Waals surface area contributed by atoms with Gasteiger partial charge in [0.1, 0.15) is 42.7 Å². The van der Waals surface area contributed by atoms with Crippen LogP contribution in [0.3, 0.4) is 0 Å². The van der Waals surface area contributed by atoms with Crippen molar-refractivity contribution in [3.05, 3.63) is 0 Å². The first-order valence-electron chi connectivity index (χ1n) is 27.8. The molecule has 0 aromatic carbocycles. The van der Waals surface area contributed by atoms with Crippen molar-refractivity contribution in [3.8, 4) is 0 Å². The summed E-state index contributed by atoms with van der Waals surface area (Å²) < 4.78 is 119. The maximum absolute atomic E-state index is 12.1. The number of carbonyl (C=O) groups excluding carboxylic acids is 8. The topological polar surface area (TPSA) is 322 Å². The van der Waals surface area contributed by atoms with Gasteiger partial charge in [0.2, 0.25) is 0 Å². The summed E-state index contributed by atoms with van der Waals surface area (Å²) in [6.45, 7) is 19.3. The Bertz CT molecular complexity index is 2830. The van der Waals surface area contributed by atoms with E-state index in [-0.39, 0.29) is 86.9 Å². The van der Waals surface area contributed by atoms with Gasteiger partial charge >= 0.3 is 29.8 Å². The Kier molecular flexibility index (Phi) is 20.7. The summed E-state index contributed by atoms with van der Waals surface area (Å²) in [6.07, 6.45) is 2.00. The summed E-state index contributed by atoms with van der Waals surface area (Å²) in [4.78, 5) is 95.7. The lowest BCUT2D eigenvalue weighted by Gasteiger charge is -2.33. The number of thioether (sulfide) groups is 3. The molecule has 0 aromatic heterocycles. The summed E-state index contributed by atoms with van der Waals surface area (Å²) in [5.74, 6) is -3.75. The molecule has 464 valence electrons. The SMILES string of the molecule is CCC(C)(C)C(=O)SCC(=O)OCC(=O)OC1C2CC3C(C2)S(=O)(=O)OC31C.CCC(C)(C)C(=O)SCC(=O)OCC(=O)OC1C2CC3C1OS(=O)(=O)C3C2.CCC(C)(C)C(=O)SCCOCC(=O)OC1C2CC3C1OS(=O)(=O)C3C2C. The zero-order valence-electron chi connectivity index (χ0n) is 48.1. The molecule has 6 bridgehead atoms. The van der Waals surface area contributed by atoms with Gasteiger partial charge in [-0.3, -0.25) is 36.5 Å². The quantitative estimate of drug-likeness (QED) is 0.0600. The van der Waals surface area contributed by atoms with Gasteiger partial charge in [-0.25, -0.2) is 14.4 Å². The molecule has 6 aliphatic carbocycles. The van der Waals surface area contributed by atoms with E-state index in [0.29, 0.717) is 44.3 Å². The monoisotopic (exact) mass is 1270 g/mol. The molecule has 6 saturated carbocycles. The first kappa shape index (κ1) is 66.6. The van der Waals surface area contributed by atoms with Gasteiger partial charge < -0.3 is 28.4 Å². The number of esters is 5. The third-order valence-electron chi connectivity index (χ3n) is 18.4. The van der Waals surface area contributed by atoms with Gasteiger partial charge in [-0.05, 0) is 64.2 Å². The predicted molar refractivity (Wildman–Crippen MR) is 298 cm³/mol. The van der Waals surface area contributed by atoms with Crippen LogP contribution in [-0.2, 0) is 110 Å². The van der Waals surface area contributed by atoms with E-state index in [4.69, 9.17) is 41.0 Å². The van der Waals surface area contributed by atoms with Gasteiger partial charge in [-0.15, -0.1) is 0 Å². The van der Waals surface area contributed by atoms with Crippen molar-refractivity contribution < 1.29 is 105 Å². The van der Waals surface area contributed by atoms with Crippen LogP contribution in [0.4, 0.5) is 0 Å². The van der Waals surface area contributed by atoms with Crippen LogP contribution in [0, 0.1) is 57.7 Å². The molecule has 3 heterocycles. The van der Waals surface area contributed by atoms with Gasteiger partial charge in [0.15, 0.2) is 28.6 Å². The highest BCUT2D eigenvalue weighted by atomic mass is 32.2. The molecule has 0 spiro atoms. The fourth-order valence-electron chi connectivity index (χ4n) is 12.6. The van der Waals surface area contributed by atoms with Crippen molar-refractivity contribution in [3.63, 3.8) is 0 Å². The molecule has 3 aliphatic heterocycles. The highest BCUT2D eigenvalue weighted by Gasteiger charge is 2.72. The molecule has 0 aromatic rings. The lowest BCUT2D eigenvalue weighted by atomic mass is 9.83. The Morgan fingerprint density at radius 2 is 1.02 bits per heavy atom. The van der Waals surface area contributed by atoms with Crippen molar-refractivity contribution in [2.75, 3.05) is 43.7 Å². The van der Waals surface area contributed by atoms with Gasteiger partial charge in [-0.1, -0.05) is 105 Å². The van der Waals surface area contributed by atoms with Gasteiger partial charge in [0.25, 0.3) is 30.4 Å². The molecule has 82 heavy (non-hydrogen) atoms. The second-order valence-electron chi connectivity index (χ2n) is 24.8. The fraction of sp³-hybridized carbons (Fsp3) is 0.849. The number of rotatable bonds is 22. The van der Waals surface area contributed by atoms with Crippen LogP contribution in [0.5, 0.6) is 0 Å². The molecule has 0 amide bonds. The van der Waals surface area contributed by atoms with Gasteiger partial charge in [0, 0.05) is 57.5 Å². The molecule has 29 heteroatoms.